The van der Waals surface area contributed by atoms with Crippen LogP contribution in [0.4, 0.5) is 13.2 Å². The zero-order valence-electron chi connectivity index (χ0n) is 8.09. The number of aromatic nitrogens is 3. The van der Waals surface area contributed by atoms with Crippen LogP contribution in [0.15, 0.2) is 49.2 Å². The monoisotopic (exact) mass is 227 g/mol. The second kappa shape index (κ2) is 5.79. The van der Waals surface area contributed by atoms with Gasteiger partial charge in [0.05, 0.1) is 0 Å². The highest BCUT2D eigenvalue weighted by Gasteiger charge is 2.31. The van der Waals surface area contributed by atoms with Crippen molar-refractivity contribution in [1.29, 1.82) is 0 Å². The van der Waals surface area contributed by atoms with Gasteiger partial charge in [-0.15, -0.1) is 0 Å². The molecule has 0 saturated heterocycles. The van der Waals surface area contributed by atoms with Crippen molar-refractivity contribution in [3.8, 4) is 0 Å². The first-order valence-corrected chi connectivity index (χ1v) is 4.29. The van der Waals surface area contributed by atoms with Gasteiger partial charge in [0.15, 0.2) is 0 Å². The van der Waals surface area contributed by atoms with Gasteiger partial charge in [0.1, 0.15) is 12.0 Å². The molecule has 6 heteroatoms. The Kier molecular flexibility index (Phi) is 4.38. The molecule has 0 bridgehead atoms. The quantitative estimate of drug-likeness (QED) is 0.694. The predicted octanol–water partition coefficient (Wildman–Crippen LogP) is 2.58. The molecule has 0 amide bonds. The summed E-state index contributed by atoms with van der Waals surface area (Å²) in [7, 11) is 0. The van der Waals surface area contributed by atoms with Crippen LogP contribution in [0.5, 0.6) is 0 Å². The molecule has 0 atom stereocenters. The highest BCUT2D eigenvalue weighted by molar-refractivity contribution is 5.06. The molecule has 2 rings (SSSR count). The summed E-state index contributed by atoms with van der Waals surface area (Å²) in [5.74, 6) is 0. The van der Waals surface area contributed by atoms with Crippen molar-refractivity contribution in [3.05, 3.63) is 54.9 Å². The Labute approximate surface area is 90.0 Å². The zero-order valence-corrected chi connectivity index (χ0v) is 8.09. The number of pyridine rings is 1. The van der Waals surface area contributed by atoms with E-state index >= 15 is 0 Å². The normalized spacial score (nSPS) is 10.2. The van der Waals surface area contributed by atoms with E-state index in [4.69, 9.17) is 0 Å². The average molecular weight is 227 g/mol. The van der Waals surface area contributed by atoms with Crippen LogP contribution in [-0.4, -0.2) is 15.0 Å². The van der Waals surface area contributed by atoms with E-state index in [-0.39, 0.29) is 0 Å². The van der Waals surface area contributed by atoms with Crippen LogP contribution in [0.2, 0.25) is 0 Å². The lowest BCUT2D eigenvalue weighted by molar-refractivity contribution is -0.141. The molecule has 16 heavy (non-hydrogen) atoms. The van der Waals surface area contributed by atoms with Crippen molar-refractivity contribution >= 4 is 0 Å². The molecule has 2 aromatic rings. The van der Waals surface area contributed by atoms with Crippen LogP contribution < -0.4 is 0 Å². The SMILES string of the molecule is FC(F)(F)c1ccccn1.c1cncnc1. The van der Waals surface area contributed by atoms with Gasteiger partial charge in [0.2, 0.25) is 0 Å². The Bertz CT molecular complexity index is 362. The molecule has 0 radical (unpaired) electrons. The largest absolute Gasteiger partial charge is 0.433 e. The van der Waals surface area contributed by atoms with Crippen molar-refractivity contribution in [2.75, 3.05) is 0 Å². The van der Waals surface area contributed by atoms with E-state index < -0.39 is 11.9 Å². The number of nitrogens with zero attached hydrogens (tertiary/aromatic N) is 3. The molecule has 0 aliphatic rings. The maximum atomic E-state index is 11.7. The minimum Gasteiger partial charge on any atom is -0.252 e. The fourth-order valence-corrected chi connectivity index (χ4v) is 0.784. The van der Waals surface area contributed by atoms with Crippen LogP contribution in [0.25, 0.3) is 0 Å². The number of rotatable bonds is 0. The third kappa shape index (κ3) is 4.50. The van der Waals surface area contributed by atoms with Crippen LogP contribution in [0.1, 0.15) is 5.69 Å². The van der Waals surface area contributed by atoms with E-state index in [1.165, 1.54) is 18.5 Å². The maximum absolute atomic E-state index is 11.7. The molecule has 0 N–H and O–H groups in total. The van der Waals surface area contributed by atoms with Crippen molar-refractivity contribution in [1.82, 2.24) is 15.0 Å². The second-order valence-corrected chi connectivity index (χ2v) is 2.62. The molecule has 0 aliphatic heterocycles. The third-order valence-electron chi connectivity index (χ3n) is 1.43. The summed E-state index contributed by atoms with van der Waals surface area (Å²) < 4.78 is 35.2. The molecule has 84 valence electrons. The predicted molar refractivity (Wildman–Crippen MR) is 51.3 cm³/mol. The summed E-state index contributed by atoms with van der Waals surface area (Å²) in [4.78, 5) is 10.5. The molecule has 2 aromatic heterocycles. The van der Waals surface area contributed by atoms with Gasteiger partial charge in [0.25, 0.3) is 0 Å². The van der Waals surface area contributed by atoms with Gasteiger partial charge in [-0.05, 0) is 18.2 Å². The van der Waals surface area contributed by atoms with Crippen molar-refractivity contribution in [2.24, 2.45) is 0 Å². The van der Waals surface area contributed by atoms with E-state index in [1.54, 1.807) is 18.5 Å². The minimum absolute atomic E-state index is 0.852. The van der Waals surface area contributed by atoms with Crippen LogP contribution in [-0.2, 0) is 6.18 Å². The van der Waals surface area contributed by atoms with E-state index in [2.05, 4.69) is 15.0 Å². The van der Waals surface area contributed by atoms with Gasteiger partial charge in [-0.1, -0.05) is 6.07 Å². The summed E-state index contributed by atoms with van der Waals surface area (Å²) in [6.07, 6.45) is 1.67. The molecule has 0 saturated carbocycles. The van der Waals surface area contributed by atoms with Crippen LogP contribution in [0, 0.1) is 0 Å². The molecule has 0 aromatic carbocycles. The number of halogens is 3. The fourth-order valence-electron chi connectivity index (χ4n) is 0.784. The smallest absolute Gasteiger partial charge is 0.252 e. The first-order chi connectivity index (χ1) is 7.61. The summed E-state index contributed by atoms with van der Waals surface area (Å²) >= 11 is 0. The molecular weight excluding hydrogens is 219 g/mol. The van der Waals surface area contributed by atoms with Gasteiger partial charge in [-0.25, -0.2) is 9.97 Å². The Morgan fingerprint density at radius 3 is 1.81 bits per heavy atom. The highest BCUT2D eigenvalue weighted by atomic mass is 19.4. The number of alkyl halides is 3. The molecule has 0 fully saturated rings. The first kappa shape index (κ1) is 12.1. The minimum atomic E-state index is -4.32. The molecule has 0 spiro atoms. The van der Waals surface area contributed by atoms with Crippen molar-refractivity contribution in [3.63, 3.8) is 0 Å². The average Bonchev–Trinajstić information content (AvgIpc) is 2.32. The Morgan fingerprint density at radius 2 is 1.56 bits per heavy atom. The molecular formula is C10H8F3N3. The number of hydrogen-bond donors (Lipinski definition) is 0. The molecule has 0 unspecified atom stereocenters. The highest BCUT2D eigenvalue weighted by Crippen LogP contribution is 2.26. The van der Waals surface area contributed by atoms with Crippen LogP contribution in [0.3, 0.4) is 0 Å². The Balaban J connectivity index is 0.000000181. The van der Waals surface area contributed by atoms with E-state index in [1.807, 2.05) is 0 Å². The summed E-state index contributed by atoms with van der Waals surface area (Å²) in [5.41, 5.74) is -0.852. The topological polar surface area (TPSA) is 38.7 Å². The van der Waals surface area contributed by atoms with E-state index in [9.17, 15) is 13.2 Å². The summed E-state index contributed by atoms with van der Waals surface area (Å²) in [6, 6.07) is 5.45. The third-order valence-corrected chi connectivity index (χ3v) is 1.43. The second-order valence-electron chi connectivity index (χ2n) is 2.62. The van der Waals surface area contributed by atoms with Gasteiger partial charge in [-0.2, -0.15) is 13.2 Å². The molecule has 2 heterocycles. The lowest BCUT2D eigenvalue weighted by Crippen LogP contribution is -2.06. The Hall–Kier alpha value is -1.98. The summed E-state index contributed by atoms with van der Waals surface area (Å²) in [5, 5.41) is 0. The van der Waals surface area contributed by atoms with Crippen molar-refractivity contribution in [2.45, 2.75) is 6.18 Å². The molecule has 0 aliphatic carbocycles. The standard InChI is InChI=1S/C6H4F3N.C4H4N2/c7-6(8,9)5-3-1-2-4-10-5;1-2-5-4-6-3-1/h1-4H;1-4H. The van der Waals surface area contributed by atoms with E-state index in [0.717, 1.165) is 12.3 Å². The fraction of sp³-hybridized carbons (Fsp3) is 0.100. The lowest BCUT2D eigenvalue weighted by atomic mass is 10.3. The maximum Gasteiger partial charge on any atom is 0.433 e. The lowest BCUT2D eigenvalue weighted by Gasteiger charge is -2.02. The molecule has 3 nitrogen and oxygen atoms in total. The van der Waals surface area contributed by atoms with E-state index in [0.29, 0.717) is 0 Å². The zero-order chi connectivity index (χ0) is 11.9. The van der Waals surface area contributed by atoms with Gasteiger partial charge in [0, 0.05) is 18.6 Å². The summed E-state index contributed by atoms with van der Waals surface area (Å²) in [6.45, 7) is 0. The van der Waals surface area contributed by atoms with Gasteiger partial charge in [-0.3, -0.25) is 4.98 Å². The van der Waals surface area contributed by atoms with Gasteiger partial charge >= 0.3 is 6.18 Å². The van der Waals surface area contributed by atoms with Crippen molar-refractivity contribution < 1.29 is 13.2 Å². The van der Waals surface area contributed by atoms with Crippen LogP contribution >= 0.6 is 0 Å². The first-order valence-electron chi connectivity index (χ1n) is 4.29. The van der Waals surface area contributed by atoms with Gasteiger partial charge < -0.3 is 0 Å². The Morgan fingerprint density at radius 1 is 0.875 bits per heavy atom. The number of hydrogen-bond acceptors (Lipinski definition) is 3.